The van der Waals surface area contributed by atoms with Gasteiger partial charge in [0.1, 0.15) is 17.0 Å². The average Bonchev–Trinajstić information content (AvgIpc) is 2.81. The number of halogens is 1. The molecule has 160 valence electrons. The molecule has 0 N–H and O–H groups in total. The standard InChI is InChI=1S/C23H22FN3O4/c1-31-23(30)16-8-11-26(12-9-16)21(28)19-13-17-3-2-10-25-20(17)27(22(19)29)14-15-4-6-18(24)7-5-15/h2-7,10,13,16H,8-9,11-12,14H2,1H3. The first-order valence-corrected chi connectivity index (χ1v) is 10.1. The van der Waals surface area contributed by atoms with Crippen LogP contribution in [0.5, 0.6) is 0 Å². The zero-order valence-corrected chi connectivity index (χ0v) is 17.1. The van der Waals surface area contributed by atoms with Crippen LogP contribution in [0.1, 0.15) is 28.8 Å². The summed E-state index contributed by atoms with van der Waals surface area (Å²) < 4.78 is 19.5. The highest BCUT2D eigenvalue weighted by Crippen LogP contribution is 2.21. The number of likely N-dealkylation sites (tertiary alicyclic amines) is 1. The number of fused-ring (bicyclic) bond motifs is 1. The lowest BCUT2D eigenvalue weighted by molar-refractivity contribution is -0.146. The van der Waals surface area contributed by atoms with Gasteiger partial charge in [-0.1, -0.05) is 12.1 Å². The minimum atomic E-state index is -0.449. The van der Waals surface area contributed by atoms with Crippen molar-refractivity contribution in [3.05, 3.63) is 76.0 Å². The minimum absolute atomic E-state index is 0.0547. The Morgan fingerprint density at radius 3 is 2.55 bits per heavy atom. The molecule has 1 amide bonds. The zero-order chi connectivity index (χ0) is 22.0. The van der Waals surface area contributed by atoms with Gasteiger partial charge in [0.15, 0.2) is 0 Å². The van der Waals surface area contributed by atoms with Gasteiger partial charge in [0.05, 0.1) is 19.6 Å². The van der Waals surface area contributed by atoms with E-state index in [2.05, 4.69) is 4.98 Å². The lowest BCUT2D eigenvalue weighted by Crippen LogP contribution is -2.43. The summed E-state index contributed by atoms with van der Waals surface area (Å²) in [7, 11) is 1.35. The van der Waals surface area contributed by atoms with Gasteiger partial charge in [-0.25, -0.2) is 9.37 Å². The van der Waals surface area contributed by atoms with Crippen molar-refractivity contribution in [2.24, 2.45) is 5.92 Å². The van der Waals surface area contributed by atoms with Crippen molar-refractivity contribution in [1.82, 2.24) is 14.5 Å². The molecule has 0 spiro atoms. The number of pyridine rings is 2. The van der Waals surface area contributed by atoms with E-state index in [1.54, 1.807) is 41.4 Å². The predicted octanol–water partition coefficient (Wildman–Crippen LogP) is 2.61. The third-order valence-electron chi connectivity index (χ3n) is 5.65. The van der Waals surface area contributed by atoms with Crippen molar-refractivity contribution < 1.29 is 18.7 Å². The van der Waals surface area contributed by atoms with E-state index in [4.69, 9.17) is 4.74 Å². The molecule has 0 atom stereocenters. The number of carbonyl (C=O) groups is 2. The van der Waals surface area contributed by atoms with Crippen molar-refractivity contribution in [3.63, 3.8) is 0 Å². The number of ether oxygens (including phenoxy) is 1. The second-order valence-corrected chi connectivity index (χ2v) is 7.58. The highest BCUT2D eigenvalue weighted by Gasteiger charge is 2.30. The second kappa shape index (κ2) is 8.67. The number of hydrogen-bond acceptors (Lipinski definition) is 5. The van der Waals surface area contributed by atoms with Crippen molar-refractivity contribution in [2.75, 3.05) is 20.2 Å². The summed E-state index contributed by atoms with van der Waals surface area (Å²) in [6.45, 7) is 0.917. The van der Waals surface area contributed by atoms with Gasteiger partial charge in [-0.15, -0.1) is 0 Å². The van der Waals surface area contributed by atoms with Crippen molar-refractivity contribution in [1.29, 1.82) is 0 Å². The third kappa shape index (κ3) is 4.19. The van der Waals surface area contributed by atoms with Gasteiger partial charge in [-0.05, 0) is 48.7 Å². The number of aromatic nitrogens is 2. The van der Waals surface area contributed by atoms with Crippen molar-refractivity contribution in [3.8, 4) is 0 Å². The topological polar surface area (TPSA) is 81.5 Å². The third-order valence-corrected chi connectivity index (χ3v) is 5.65. The Balaban J connectivity index is 1.68. The smallest absolute Gasteiger partial charge is 0.308 e. The zero-order valence-electron chi connectivity index (χ0n) is 17.1. The first-order valence-electron chi connectivity index (χ1n) is 10.1. The highest BCUT2D eigenvalue weighted by molar-refractivity contribution is 5.97. The summed E-state index contributed by atoms with van der Waals surface area (Å²) >= 11 is 0. The van der Waals surface area contributed by atoms with E-state index >= 15 is 0 Å². The summed E-state index contributed by atoms with van der Waals surface area (Å²) in [4.78, 5) is 44.1. The summed E-state index contributed by atoms with van der Waals surface area (Å²) in [5, 5.41) is 0.664. The number of amides is 1. The number of rotatable bonds is 4. The number of methoxy groups -OCH3 is 1. The molecule has 3 aromatic rings. The Hall–Kier alpha value is -3.55. The van der Waals surface area contributed by atoms with Crippen LogP contribution in [0.2, 0.25) is 0 Å². The Bertz CT molecular complexity index is 1180. The van der Waals surface area contributed by atoms with Gasteiger partial charge >= 0.3 is 5.97 Å². The SMILES string of the molecule is COC(=O)C1CCN(C(=O)c2cc3cccnc3n(Cc3ccc(F)cc3)c2=O)CC1. The van der Waals surface area contributed by atoms with Crippen LogP contribution in [0, 0.1) is 11.7 Å². The highest BCUT2D eigenvalue weighted by atomic mass is 19.1. The molecule has 1 fully saturated rings. The molecular formula is C23H22FN3O4. The lowest BCUT2D eigenvalue weighted by atomic mass is 9.96. The monoisotopic (exact) mass is 423 g/mol. The van der Waals surface area contributed by atoms with Gasteiger partial charge in [0, 0.05) is 24.7 Å². The minimum Gasteiger partial charge on any atom is -0.469 e. The predicted molar refractivity (Wildman–Crippen MR) is 112 cm³/mol. The molecule has 31 heavy (non-hydrogen) atoms. The molecule has 0 radical (unpaired) electrons. The molecule has 1 aliphatic rings. The maximum absolute atomic E-state index is 13.3. The summed E-state index contributed by atoms with van der Waals surface area (Å²) in [6.07, 6.45) is 2.58. The van der Waals surface area contributed by atoms with E-state index < -0.39 is 5.56 Å². The first-order chi connectivity index (χ1) is 15.0. The molecule has 4 rings (SSSR count). The number of piperidine rings is 1. The maximum Gasteiger partial charge on any atom is 0.308 e. The van der Waals surface area contributed by atoms with Crippen LogP contribution in [0.3, 0.4) is 0 Å². The van der Waals surface area contributed by atoms with Gasteiger partial charge in [0.2, 0.25) is 0 Å². The van der Waals surface area contributed by atoms with Crippen LogP contribution in [-0.4, -0.2) is 46.5 Å². The molecule has 0 aliphatic carbocycles. The molecule has 2 aromatic heterocycles. The molecule has 7 nitrogen and oxygen atoms in total. The van der Waals surface area contributed by atoms with Gasteiger partial charge < -0.3 is 9.64 Å². The summed E-state index contributed by atoms with van der Waals surface area (Å²) in [5.41, 5.74) is 0.784. The lowest BCUT2D eigenvalue weighted by Gasteiger charge is -2.30. The van der Waals surface area contributed by atoms with Crippen LogP contribution in [0.4, 0.5) is 4.39 Å². The van der Waals surface area contributed by atoms with E-state index in [0.29, 0.717) is 37.0 Å². The molecule has 8 heteroatoms. The molecule has 3 heterocycles. The van der Waals surface area contributed by atoms with Gasteiger partial charge in [-0.2, -0.15) is 0 Å². The Labute approximate surface area is 178 Å². The molecular weight excluding hydrogens is 401 g/mol. The first kappa shape index (κ1) is 20.7. The number of carbonyl (C=O) groups excluding carboxylic acids is 2. The fraction of sp³-hybridized carbons (Fsp3) is 0.304. The molecule has 1 aromatic carbocycles. The van der Waals surface area contributed by atoms with Crippen LogP contribution in [0.15, 0.2) is 53.5 Å². The maximum atomic E-state index is 13.3. The van der Waals surface area contributed by atoms with Gasteiger partial charge in [-0.3, -0.25) is 19.0 Å². The number of benzene rings is 1. The van der Waals surface area contributed by atoms with E-state index in [1.165, 1.54) is 23.8 Å². The second-order valence-electron chi connectivity index (χ2n) is 7.58. The normalized spacial score (nSPS) is 14.6. The number of hydrogen-bond donors (Lipinski definition) is 0. The Morgan fingerprint density at radius 1 is 1.16 bits per heavy atom. The fourth-order valence-electron chi connectivity index (χ4n) is 3.93. The Morgan fingerprint density at radius 2 is 1.87 bits per heavy atom. The molecule has 1 aliphatic heterocycles. The largest absolute Gasteiger partial charge is 0.469 e. The number of esters is 1. The van der Waals surface area contributed by atoms with E-state index in [9.17, 15) is 18.8 Å². The number of nitrogens with zero attached hydrogens (tertiary/aromatic N) is 3. The van der Waals surface area contributed by atoms with Crippen LogP contribution in [-0.2, 0) is 16.1 Å². The van der Waals surface area contributed by atoms with Gasteiger partial charge in [0.25, 0.3) is 11.5 Å². The molecule has 0 saturated carbocycles. The molecule has 1 saturated heterocycles. The molecule has 0 unspecified atom stereocenters. The summed E-state index contributed by atoms with van der Waals surface area (Å²) in [5.74, 6) is -1.24. The van der Waals surface area contributed by atoms with E-state index in [-0.39, 0.29) is 35.7 Å². The van der Waals surface area contributed by atoms with E-state index in [1.807, 2.05) is 0 Å². The average molecular weight is 423 g/mol. The van der Waals surface area contributed by atoms with Crippen molar-refractivity contribution in [2.45, 2.75) is 19.4 Å². The van der Waals surface area contributed by atoms with Crippen LogP contribution < -0.4 is 5.56 Å². The van der Waals surface area contributed by atoms with Crippen molar-refractivity contribution >= 4 is 22.9 Å². The Kier molecular flexibility index (Phi) is 5.79. The van der Waals surface area contributed by atoms with E-state index in [0.717, 1.165) is 5.56 Å². The quantitative estimate of drug-likeness (QED) is 0.603. The fourth-order valence-corrected chi connectivity index (χ4v) is 3.93. The summed E-state index contributed by atoms with van der Waals surface area (Å²) in [6, 6.07) is 11.0. The van der Waals surface area contributed by atoms with Crippen LogP contribution >= 0.6 is 0 Å². The molecule has 0 bridgehead atoms. The van der Waals surface area contributed by atoms with Crippen LogP contribution in [0.25, 0.3) is 11.0 Å².